The first-order chi connectivity index (χ1) is 10.2. The molecule has 0 bridgehead atoms. The fourth-order valence-electron chi connectivity index (χ4n) is 2.55. The minimum absolute atomic E-state index is 0.712. The molecule has 0 aliphatic rings. The Bertz CT molecular complexity index is 778. The number of hydrogen-bond donors (Lipinski definition) is 1. The highest BCUT2D eigenvalue weighted by Gasteiger charge is 2.07. The summed E-state index contributed by atoms with van der Waals surface area (Å²) in [5.41, 5.74) is 8.83. The summed E-state index contributed by atoms with van der Waals surface area (Å²) in [6.45, 7) is 0.712. The first kappa shape index (κ1) is 13.4. The van der Waals surface area contributed by atoms with Crippen LogP contribution in [0.5, 0.6) is 11.5 Å². The lowest BCUT2D eigenvalue weighted by molar-refractivity contribution is 0.408. The number of rotatable bonds is 4. The molecule has 3 rings (SSSR count). The van der Waals surface area contributed by atoms with E-state index in [0.29, 0.717) is 6.54 Å². The Morgan fingerprint density at radius 3 is 2.62 bits per heavy atom. The zero-order valence-electron chi connectivity index (χ0n) is 12.2. The minimum Gasteiger partial charge on any atom is -0.497 e. The number of nitrogens with two attached hydrogens (primary N) is 1. The topological polar surface area (TPSA) is 49.4 Å². The molecule has 0 saturated heterocycles. The number of anilines is 1. The van der Waals surface area contributed by atoms with E-state index in [4.69, 9.17) is 15.2 Å². The van der Waals surface area contributed by atoms with E-state index in [-0.39, 0.29) is 0 Å². The van der Waals surface area contributed by atoms with Gasteiger partial charge in [0, 0.05) is 28.4 Å². The first-order valence-electron chi connectivity index (χ1n) is 6.76. The second-order valence-electron chi connectivity index (χ2n) is 4.94. The second-order valence-corrected chi connectivity index (χ2v) is 4.94. The zero-order chi connectivity index (χ0) is 14.8. The fraction of sp³-hybridized carbons (Fsp3) is 0.176. The normalized spacial score (nSPS) is 10.8. The fourth-order valence-corrected chi connectivity index (χ4v) is 2.55. The van der Waals surface area contributed by atoms with Gasteiger partial charge in [-0.3, -0.25) is 0 Å². The van der Waals surface area contributed by atoms with Crippen molar-refractivity contribution in [2.75, 3.05) is 20.0 Å². The number of ether oxygens (including phenoxy) is 2. The number of nitrogens with zero attached hydrogens (tertiary/aromatic N) is 1. The van der Waals surface area contributed by atoms with E-state index < -0.39 is 0 Å². The van der Waals surface area contributed by atoms with Crippen molar-refractivity contribution in [2.24, 2.45) is 0 Å². The van der Waals surface area contributed by atoms with Crippen LogP contribution in [0.4, 0.5) is 5.69 Å². The van der Waals surface area contributed by atoms with Crippen LogP contribution < -0.4 is 15.2 Å². The highest BCUT2D eigenvalue weighted by atomic mass is 16.5. The highest BCUT2D eigenvalue weighted by Crippen LogP contribution is 2.26. The first-order valence-corrected chi connectivity index (χ1v) is 6.76. The summed E-state index contributed by atoms with van der Waals surface area (Å²) >= 11 is 0. The van der Waals surface area contributed by atoms with Crippen LogP contribution in [0.3, 0.4) is 0 Å². The molecule has 1 aromatic heterocycles. The van der Waals surface area contributed by atoms with Crippen molar-refractivity contribution in [1.82, 2.24) is 4.57 Å². The van der Waals surface area contributed by atoms with Crippen molar-refractivity contribution in [2.45, 2.75) is 6.54 Å². The SMILES string of the molecule is COc1ccc2c(ccn2Cc2cc(N)ccc2OC)c1. The van der Waals surface area contributed by atoms with Crippen LogP contribution in [0.25, 0.3) is 10.9 Å². The molecule has 2 aromatic carbocycles. The maximum absolute atomic E-state index is 5.88. The van der Waals surface area contributed by atoms with E-state index in [2.05, 4.69) is 22.9 Å². The number of methoxy groups -OCH3 is 2. The Hall–Kier alpha value is -2.62. The van der Waals surface area contributed by atoms with Gasteiger partial charge < -0.3 is 19.8 Å². The van der Waals surface area contributed by atoms with E-state index in [9.17, 15) is 0 Å². The van der Waals surface area contributed by atoms with Gasteiger partial charge in [-0.2, -0.15) is 0 Å². The van der Waals surface area contributed by atoms with E-state index in [0.717, 1.165) is 33.7 Å². The van der Waals surface area contributed by atoms with Crippen LogP contribution in [0.2, 0.25) is 0 Å². The van der Waals surface area contributed by atoms with Gasteiger partial charge in [-0.25, -0.2) is 0 Å². The molecule has 0 radical (unpaired) electrons. The molecule has 0 unspecified atom stereocenters. The van der Waals surface area contributed by atoms with Crippen molar-refractivity contribution in [3.63, 3.8) is 0 Å². The van der Waals surface area contributed by atoms with Crippen molar-refractivity contribution >= 4 is 16.6 Å². The summed E-state index contributed by atoms with van der Waals surface area (Å²) in [7, 11) is 3.35. The third kappa shape index (κ3) is 2.52. The van der Waals surface area contributed by atoms with Crippen molar-refractivity contribution in [1.29, 1.82) is 0 Å². The molecule has 4 nitrogen and oxygen atoms in total. The lowest BCUT2D eigenvalue weighted by Gasteiger charge is -2.11. The second kappa shape index (κ2) is 5.40. The minimum atomic E-state index is 0.712. The van der Waals surface area contributed by atoms with Crippen LogP contribution in [-0.2, 0) is 6.54 Å². The van der Waals surface area contributed by atoms with Crippen LogP contribution in [0.1, 0.15) is 5.56 Å². The van der Waals surface area contributed by atoms with Crippen LogP contribution >= 0.6 is 0 Å². The monoisotopic (exact) mass is 282 g/mol. The van der Waals surface area contributed by atoms with Gasteiger partial charge in [0.05, 0.1) is 20.8 Å². The van der Waals surface area contributed by atoms with Gasteiger partial charge in [0.15, 0.2) is 0 Å². The lowest BCUT2D eigenvalue weighted by atomic mass is 10.1. The predicted octanol–water partition coefficient (Wildman–Crippen LogP) is 3.29. The zero-order valence-corrected chi connectivity index (χ0v) is 12.2. The summed E-state index contributed by atoms with van der Waals surface area (Å²) in [4.78, 5) is 0. The molecular weight excluding hydrogens is 264 g/mol. The molecule has 2 N–H and O–H groups in total. The molecule has 4 heteroatoms. The number of benzene rings is 2. The number of nitrogen functional groups attached to an aromatic ring is 1. The van der Waals surface area contributed by atoms with Gasteiger partial charge in [0.2, 0.25) is 0 Å². The Labute approximate surface area is 123 Å². The Morgan fingerprint density at radius 1 is 1.00 bits per heavy atom. The van der Waals surface area contributed by atoms with Crippen molar-refractivity contribution in [3.8, 4) is 11.5 Å². The highest BCUT2D eigenvalue weighted by molar-refractivity contribution is 5.81. The maximum Gasteiger partial charge on any atom is 0.124 e. The average Bonchev–Trinajstić information content (AvgIpc) is 2.90. The Balaban J connectivity index is 2.00. The van der Waals surface area contributed by atoms with Crippen LogP contribution in [0, 0.1) is 0 Å². The van der Waals surface area contributed by atoms with Gasteiger partial charge in [-0.1, -0.05) is 0 Å². The Kier molecular flexibility index (Phi) is 3.44. The molecule has 0 amide bonds. The van der Waals surface area contributed by atoms with Gasteiger partial charge in [-0.15, -0.1) is 0 Å². The largest absolute Gasteiger partial charge is 0.497 e. The molecule has 0 atom stereocenters. The molecule has 3 aromatic rings. The number of fused-ring (bicyclic) bond motifs is 1. The van der Waals surface area contributed by atoms with Crippen LogP contribution in [-0.4, -0.2) is 18.8 Å². The summed E-state index contributed by atoms with van der Waals surface area (Å²) in [5.74, 6) is 1.71. The molecule has 0 aliphatic carbocycles. The molecular formula is C17H18N2O2. The molecule has 1 heterocycles. The molecule has 108 valence electrons. The quantitative estimate of drug-likeness (QED) is 0.747. The summed E-state index contributed by atoms with van der Waals surface area (Å²) in [6, 6.07) is 13.8. The van der Waals surface area contributed by atoms with Crippen LogP contribution in [0.15, 0.2) is 48.7 Å². The van der Waals surface area contributed by atoms with Gasteiger partial charge >= 0.3 is 0 Å². The number of aromatic nitrogens is 1. The molecule has 0 fully saturated rings. The van der Waals surface area contributed by atoms with E-state index in [1.54, 1.807) is 14.2 Å². The third-order valence-corrected chi connectivity index (χ3v) is 3.62. The van der Waals surface area contributed by atoms with Gasteiger partial charge in [0.25, 0.3) is 0 Å². The standard InChI is InChI=1S/C17H18N2O2/c1-20-15-4-5-16-12(10-15)7-8-19(16)11-13-9-14(18)3-6-17(13)21-2/h3-10H,11,18H2,1-2H3. The van der Waals surface area contributed by atoms with E-state index in [1.807, 2.05) is 30.3 Å². The third-order valence-electron chi connectivity index (χ3n) is 3.62. The lowest BCUT2D eigenvalue weighted by Crippen LogP contribution is -2.01. The summed E-state index contributed by atoms with van der Waals surface area (Å²) in [5, 5.41) is 1.15. The molecule has 0 spiro atoms. The average molecular weight is 282 g/mol. The summed E-state index contributed by atoms with van der Waals surface area (Å²) < 4.78 is 12.8. The molecule has 0 saturated carbocycles. The van der Waals surface area contributed by atoms with E-state index in [1.165, 1.54) is 0 Å². The van der Waals surface area contributed by atoms with Crippen molar-refractivity contribution < 1.29 is 9.47 Å². The smallest absolute Gasteiger partial charge is 0.124 e. The van der Waals surface area contributed by atoms with E-state index >= 15 is 0 Å². The van der Waals surface area contributed by atoms with Gasteiger partial charge in [0.1, 0.15) is 11.5 Å². The predicted molar refractivity (Wildman–Crippen MR) is 85.0 cm³/mol. The molecule has 21 heavy (non-hydrogen) atoms. The van der Waals surface area contributed by atoms with Gasteiger partial charge in [-0.05, 0) is 42.5 Å². The molecule has 0 aliphatic heterocycles. The summed E-state index contributed by atoms with van der Waals surface area (Å²) in [6.07, 6.45) is 2.06. The Morgan fingerprint density at radius 2 is 1.86 bits per heavy atom. The van der Waals surface area contributed by atoms with Crippen molar-refractivity contribution in [3.05, 3.63) is 54.2 Å². The number of hydrogen-bond acceptors (Lipinski definition) is 3. The maximum atomic E-state index is 5.88.